The second-order valence-corrected chi connectivity index (χ2v) is 5.82. The molecule has 1 aromatic heterocycles. The molecule has 0 atom stereocenters. The van der Waals surface area contributed by atoms with Crippen molar-refractivity contribution in [3.63, 3.8) is 0 Å². The molecule has 2 aromatic rings. The molecule has 7 heteroatoms. The highest BCUT2D eigenvalue weighted by Crippen LogP contribution is 2.16. The Labute approximate surface area is 116 Å². The van der Waals surface area contributed by atoms with Crippen LogP contribution < -0.4 is 9.83 Å². The highest BCUT2D eigenvalue weighted by molar-refractivity contribution is 7.92. The molecule has 6 nitrogen and oxygen atoms in total. The number of carbonyl (C=O) groups is 1. The fourth-order valence-electron chi connectivity index (χ4n) is 1.54. The van der Waals surface area contributed by atoms with Crippen molar-refractivity contribution in [1.29, 1.82) is 0 Å². The van der Waals surface area contributed by atoms with E-state index in [1.54, 1.807) is 12.1 Å². The molecule has 0 spiro atoms. The van der Waals surface area contributed by atoms with Crippen LogP contribution >= 0.6 is 0 Å². The van der Waals surface area contributed by atoms with Crippen molar-refractivity contribution < 1.29 is 18.3 Å². The first kappa shape index (κ1) is 14.0. The second kappa shape index (κ2) is 5.30. The Morgan fingerprint density at radius 1 is 1.20 bits per heavy atom. The molecule has 0 saturated heterocycles. The maximum absolute atomic E-state index is 12.1. The molecule has 0 bridgehead atoms. The van der Waals surface area contributed by atoms with E-state index in [4.69, 9.17) is 0 Å². The number of carbonyl (C=O) groups excluding carboxylic acids is 1. The lowest BCUT2D eigenvalue weighted by atomic mass is 10.2. The molecular formula is C13H11N2O4S-. The summed E-state index contributed by atoms with van der Waals surface area (Å²) in [5.41, 5.74) is 0.709. The first-order valence-electron chi connectivity index (χ1n) is 5.65. The van der Waals surface area contributed by atoms with Gasteiger partial charge in [0.05, 0.1) is 22.2 Å². The van der Waals surface area contributed by atoms with Crippen LogP contribution in [0, 0.1) is 6.92 Å². The number of carboxylic acids is 1. The van der Waals surface area contributed by atoms with Crippen LogP contribution in [0.25, 0.3) is 0 Å². The number of rotatable bonds is 4. The summed E-state index contributed by atoms with van der Waals surface area (Å²) in [7, 11) is -3.76. The van der Waals surface area contributed by atoms with Crippen molar-refractivity contribution in [1.82, 2.24) is 4.98 Å². The third-order valence-electron chi connectivity index (χ3n) is 2.55. The number of pyridine rings is 1. The number of aromatic carboxylic acids is 1. The number of hydrogen-bond acceptors (Lipinski definition) is 5. The lowest BCUT2D eigenvalue weighted by Crippen LogP contribution is -2.23. The van der Waals surface area contributed by atoms with Crippen molar-refractivity contribution in [3.05, 3.63) is 53.9 Å². The van der Waals surface area contributed by atoms with Gasteiger partial charge in [0.1, 0.15) is 0 Å². The fraction of sp³-hybridized carbons (Fsp3) is 0.0769. The van der Waals surface area contributed by atoms with Gasteiger partial charge in [-0.1, -0.05) is 17.7 Å². The van der Waals surface area contributed by atoms with E-state index in [2.05, 4.69) is 9.71 Å². The molecule has 2 rings (SSSR count). The van der Waals surface area contributed by atoms with Gasteiger partial charge in [0.2, 0.25) is 0 Å². The second-order valence-electron chi connectivity index (χ2n) is 4.14. The number of sulfonamides is 1. The molecule has 20 heavy (non-hydrogen) atoms. The van der Waals surface area contributed by atoms with Gasteiger partial charge in [0.15, 0.2) is 0 Å². The number of anilines is 1. The van der Waals surface area contributed by atoms with Gasteiger partial charge in [0, 0.05) is 6.20 Å². The minimum Gasteiger partial charge on any atom is -0.543 e. The van der Waals surface area contributed by atoms with E-state index in [1.165, 1.54) is 24.4 Å². The highest BCUT2D eigenvalue weighted by Gasteiger charge is 2.14. The summed E-state index contributed by atoms with van der Waals surface area (Å²) in [5.74, 6) is -1.47. The van der Waals surface area contributed by atoms with E-state index in [0.717, 1.165) is 11.6 Å². The Morgan fingerprint density at radius 3 is 2.45 bits per heavy atom. The van der Waals surface area contributed by atoms with Crippen LogP contribution in [0.1, 0.15) is 16.1 Å². The van der Waals surface area contributed by atoms with Gasteiger partial charge in [-0.2, -0.15) is 0 Å². The monoisotopic (exact) mass is 291 g/mol. The molecule has 1 heterocycles. The number of nitrogens with one attached hydrogen (secondary N) is 1. The SMILES string of the molecule is Cc1ccc(S(=O)(=O)Nc2ccnc(C(=O)[O-])c2)cc1. The van der Waals surface area contributed by atoms with Crippen LogP contribution in [-0.2, 0) is 10.0 Å². The third-order valence-corrected chi connectivity index (χ3v) is 3.95. The van der Waals surface area contributed by atoms with Crippen LogP contribution in [0.3, 0.4) is 0 Å². The summed E-state index contributed by atoms with van der Waals surface area (Å²) in [5, 5.41) is 10.7. The van der Waals surface area contributed by atoms with Gasteiger partial charge in [-0.15, -0.1) is 0 Å². The zero-order valence-electron chi connectivity index (χ0n) is 10.5. The quantitative estimate of drug-likeness (QED) is 0.887. The lowest BCUT2D eigenvalue weighted by molar-refractivity contribution is -0.255. The first-order chi connectivity index (χ1) is 9.38. The van der Waals surface area contributed by atoms with E-state index >= 15 is 0 Å². The molecule has 0 aliphatic heterocycles. The summed E-state index contributed by atoms with van der Waals surface area (Å²) in [4.78, 5) is 14.3. The molecule has 0 aliphatic carbocycles. The average Bonchev–Trinajstić information content (AvgIpc) is 2.39. The van der Waals surface area contributed by atoms with E-state index in [1.807, 2.05) is 6.92 Å². The summed E-state index contributed by atoms with van der Waals surface area (Å²) in [6, 6.07) is 8.75. The predicted molar refractivity (Wildman–Crippen MR) is 70.6 cm³/mol. The maximum Gasteiger partial charge on any atom is 0.261 e. The van der Waals surface area contributed by atoms with Crippen LogP contribution in [-0.4, -0.2) is 19.4 Å². The van der Waals surface area contributed by atoms with Gasteiger partial charge >= 0.3 is 0 Å². The standard InChI is InChI=1S/C13H12N2O4S/c1-9-2-4-11(5-3-9)20(18,19)15-10-6-7-14-12(8-10)13(16)17/h2-8H,1H3,(H,14,15)(H,16,17)/p-1. The van der Waals surface area contributed by atoms with E-state index < -0.39 is 16.0 Å². The molecule has 0 fully saturated rings. The summed E-state index contributed by atoms with van der Waals surface area (Å²) in [6.07, 6.45) is 1.19. The molecule has 0 radical (unpaired) electrons. The normalized spacial score (nSPS) is 11.1. The predicted octanol–water partition coefficient (Wildman–Crippen LogP) is 0.554. The van der Waals surface area contributed by atoms with Crippen LogP contribution in [0.15, 0.2) is 47.5 Å². The average molecular weight is 291 g/mol. The van der Waals surface area contributed by atoms with Gasteiger partial charge in [-0.3, -0.25) is 9.71 Å². The first-order valence-corrected chi connectivity index (χ1v) is 7.14. The Kier molecular flexibility index (Phi) is 3.71. The smallest absolute Gasteiger partial charge is 0.261 e. The van der Waals surface area contributed by atoms with Crippen LogP contribution in [0.2, 0.25) is 0 Å². The van der Waals surface area contributed by atoms with Crippen molar-refractivity contribution in [2.24, 2.45) is 0 Å². The number of hydrogen-bond donors (Lipinski definition) is 1. The number of aryl methyl sites for hydroxylation is 1. The fourth-order valence-corrected chi connectivity index (χ4v) is 2.59. The molecular weight excluding hydrogens is 280 g/mol. The number of benzene rings is 1. The zero-order chi connectivity index (χ0) is 14.8. The minimum absolute atomic E-state index is 0.0925. The molecule has 1 aromatic carbocycles. The van der Waals surface area contributed by atoms with Crippen molar-refractivity contribution in [3.8, 4) is 0 Å². The van der Waals surface area contributed by atoms with Gasteiger partial charge in [0.25, 0.3) is 10.0 Å². The van der Waals surface area contributed by atoms with Gasteiger partial charge in [-0.25, -0.2) is 8.42 Å². The Morgan fingerprint density at radius 2 is 1.85 bits per heavy atom. The van der Waals surface area contributed by atoms with Crippen molar-refractivity contribution >= 4 is 21.7 Å². The Balaban J connectivity index is 2.31. The zero-order valence-corrected chi connectivity index (χ0v) is 11.3. The Bertz CT molecular complexity index is 739. The third kappa shape index (κ3) is 3.12. The number of carboxylic acid groups (broad SMARTS) is 1. The summed E-state index contributed by atoms with van der Waals surface area (Å²) >= 11 is 0. The Hall–Kier alpha value is -2.41. The van der Waals surface area contributed by atoms with E-state index in [-0.39, 0.29) is 16.3 Å². The highest BCUT2D eigenvalue weighted by atomic mass is 32.2. The molecule has 0 amide bonds. The molecule has 0 saturated carbocycles. The summed E-state index contributed by atoms with van der Waals surface area (Å²) < 4.78 is 26.5. The largest absolute Gasteiger partial charge is 0.543 e. The minimum atomic E-state index is -3.76. The van der Waals surface area contributed by atoms with Gasteiger partial charge < -0.3 is 9.90 Å². The molecule has 0 aliphatic rings. The van der Waals surface area contributed by atoms with E-state index in [0.29, 0.717) is 0 Å². The van der Waals surface area contributed by atoms with Crippen molar-refractivity contribution in [2.75, 3.05) is 4.72 Å². The van der Waals surface area contributed by atoms with E-state index in [9.17, 15) is 18.3 Å². The maximum atomic E-state index is 12.1. The summed E-state index contributed by atoms with van der Waals surface area (Å²) in [6.45, 7) is 1.85. The van der Waals surface area contributed by atoms with Crippen LogP contribution in [0.5, 0.6) is 0 Å². The van der Waals surface area contributed by atoms with Crippen molar-refractivity contribution in [2.45, 2.75) is 11.8 Å². The number of aromatic nitrogens is 1. The lowest BCUT2D eigenvalue weighted by Gasteiger charge is -2.09. The van der Waals surface area contributed by atoms with Gasteiger partial charge in [-0.05, 0) is 31.2 Å². The molecule has 104 valence electrons. The topological polar surface area (TPSA) is 99.2 Å². The number of nitrogens with zero attached hydrogens (tertiary/aromatic N) is 1. The molecule has 1 N–H and O–H groups in total. The molecule has 0 unspecified atom stereocenters. The van der Waals surface area contributed by atoms with Crippen LogP contribution in [0.4, 0.5) is 5.69 Å².